The lowest BCUT2D eigenvalue weighted by molar-refractivity contribution is -0.158. The first kappa shape index (κ1) is 17.7. The summed E-state index contributed by atoms with van der Waals surface area (Å²) >= 11 is 0. The van der Waals surface area contributed by atoms with Gasteiger partial charge in [0.25, 0.3) is 5.91 Å². The molecule has 6 heteroatoms. The number of ether oxygens (including phenoxy) is 1. The fourth-order valence-electron chi connectivity index (χ4n) is 4.35. The summed E-state index contributed by atoms with van der Waals surface area (Å²) in [5, 5.41) is 3.35. The molecule has 0 spiro atoms. The van der Waals surface area contributed by atoms with Crippen molar-refractivity contribution in [1.82, 2.24) is 20.1 Å². The van der Waals surface area contributed by atoms with Gasteiger partial charge < -0.3 is 15.0 Å². The van der Waals surface area contributed by atoms with Crippen molar-refractivity contribution in [2.45, 2.75) is 50.7 Å². The maximum absolute atomic E-state index is 13.3. The standard InChI is InChI=1S/C20H30N4O2/c1-16-5-6-18(13-22-16)26-20(7-9-21-10-8-20)19(25)24-14-17(15-24)23-11-3-2-4-12-23/h5-6,13,17,21H,2-4,7-12,14-15H2,1H3. The Morgan fingerprint density at radius 3 is 2.58 bits per heavy atom. The van der Waals surface area contributed by atoms with Crippen molar-refractivity contribution in [1.29, 1.82) is 0 Å². The first-order valence-electron chi connectivity index (χ1n) is 10.0. The summed E-state index contributed by atoms with van der Waals surface area (Å²) in [5.74, 6) is 0.854. The molecule has 4 heterocycles. The average molecular weight is 358 g/mol. The molecule has 3 aliphatic rings. The number of hydrogen-bond acceptors (Lipinski definition) is 5. The second kappa shape index (κ2) is 7.53. The number of carbonyl (C=O) groups is 1. The Bertz CT molecular complexity index is 615. The average Bonchev–Trinajstić information content (AvgIpc) is 2.64. The molecular weight excluding hydrogens is 328 g/mol. The van der Waals surface area contributed by atoms with Gasteiger partial charge in [0.05, 0.1) is 6.20 Å². The van der Waals surface area contributed by atoms with E-state index in [-0.39, 0.29) is 5.91 Å². The second-order valence-corrected chi connectivity index (χ2v) is 7.94. The minimum Gasteiger partial charge on any atom is -0.476 e. The van der Waals surface area contributed by atoms with E-state index in [2.05, 4.69) is 15.2 Å². The van der Waals surface area contributed by atoms with Crippen LogP contribution in [0.2, 0.25) is 0 Å². The molecule has 1 aromatic heterocycles. The number of piperidine rings is 2. The molecule has 1 amide bonds. The van der Waals surface area contributed by atoms with E-state index in [1.54, 1.807) is 6.20 Å². The Kier molecular flexibility index (Phi) is 5.14. The van der Waals surface area contributed by atoms with E-state index >= 15 is 0 Å². The van der Waals surface area contributed by atoms with Gasteiger partial charge in [-0.25, -0.2) is 0 Å². The minimum absolute atomic E-state index is 0.160. The Morgan fingerprint density at radius 2 is 1.92 bits per heavy atom. The fourth-order valence-corrected chi connectivity index (χ4v) is 4.35. The van der Waals surface area contributed by atoms with Gasteiger partial charge >= 0.3 is 0 Å². The molecule has 1 N–H and O–H groups in total. The third-order valence-electron chi connectivity index (χ3n) is 6.05. The summed E-state index contributed by atoms with van der Waals surface area (Å²) in [4.78, 5) is 22.2. The highest BCUT2D eigenvalue weighted by Crippen LogP contribution is 2.31. The number of likely N-dealkylation sites (tertiary alicyclic amines) is 2. The van der Waals surface area contributed by atoms with E-state index in [1.807, 2.05) is 24.0 Å². The fraction of sp³-hybridized carbons (Fsp3) is 0.700. The molecule has 0 atom stereocenters. The van der Waals surface area contributed by atoms with Crippen LogP contribution in [-0.4, -0.2) is 71.6 Å². The molecule has 1 aromatic rings. The summed E-state index contributed by atoms with van der Waals surface area (Å²) < 4.78 is 6.29. The highest BCUT2D eigenvalue weighted by Gasteiger charge is 2.48. The van der Waals surface area contributed by atoms with E-state index in [0.717, 1.165) is 31.9 Å². The Morgan fingerprint density at radius 1 is 1.19 bits per heavy atom. The summed E-state index contributed by atoms with van der Waals surface area (Å²) in [7, 11) is 0. The molecule has 3 fully saturated rings. The van der Waals surface area contributed by atoms with Gasteiger partial charge in [-0.3, -0.25) is 14.7 Å². The molecule has 0 aliphatic carbocycles. The highest BCUT2D eigenvalue weighted by atomic mass is 16.5. The van der Waals surface area contributed by atoms with Gasteiger partial charge in [0.1, 0.15) is 5.75 Å². The van der Waals surface area contributed by atoms with Crippen molar-refractivity contribution in [3.05, 3.63) is 24.0 Å². The van der Waals surface area contributed by atoms with Crippen molar-refractivity contribution < 1.29 is 9.53 Å². The lowest BCUT2D eigenvalue weighted by atomic mass is 9.88. The van der Waals surface area contributed by atoms with Crippen LogP contribution in [0.4, 0.5) is 0 Å². The van der Waals surface area contributed by atoms with Crippen LogP contribution >= 0.6 is 0 Å². The van der Waals surface area contributed by atoms with Crippen molar-refractivity contribution in [2.75, 3.05) is 39.3 Å². The monoisotopic (exact) mass is 358 g/mol. The van der Waals surface area contributed by atoms with Crippen LogP contribution in [0.3, 0.4) is 0 Å². The van der Waals surface area contributed by atoms with E-state index in [4.69, 9.17) is 4.74 Å². The number of hydrogen-bond donors (Lipinski definition) is 1. The molecule has 142 valence electrons. The molecule has 4 rings (SSSR count). The van der Waals surface area contributed by atoms with Gasteiger partial charge in [-0.05, 0) is 58.1 Å². The van der Waals surface area contributed by atoms with Gasteiger partial charge in [-0.2, -0.15) is 0 Å². The summed E-state index contributed by atoms with van der Waals surface area (Å²) in [6.45, 7) is 7.66. The number of nitrogens with one attached hydrogen (secondary N) is 1. The maximum Gasteiger partial charge on any atom is 0.266 e. The number of rotatable bonds is 4. The molecule has 0 aromatic carbocycles. The molecular formula is C20H30N4O2. The van der Waals surface area contributed by atoms with Crippen LogP contribution in [0.5, 0.6) is 5.75 Å². The normalized spacial score (nSPS) is 24.1. The predicted octanol–water partition coefficient (Wildman–Crippen LogP) is 1.59. The number of aryl methyl sites for hydroxylation is 1. The minimum atomic E-state index is -0.741. The Hall–Kier alpha value is -1.66. The third kappa shape index (κ3) is 3.58. The Labute approximate surface area is 155 Å². The number of pyridine rings is 1. The zero-order valence-corrected chi connectivity index (χ0v) is 15.7. The largest absolute Gasteiger partial charge is 0.476 e. The zero-order valence-electron chi connectivity index (χ0n) is 15.7. The summed E-state index contributed by atoms with van der Waals surface area (Å²) in [5.41, 5.74) is 0.213. The Balaban J connectivity index is 1.42. The van der Waals surface area contributed by atoms with Gasteiger partial charge in [-0.1, -0.05) is 6.42 Å². The van der Waals surface area contributed by atoms with Crippen LogP contribution in [-0.2, 0) is 4.79 Å². The molecule has 0 bridgehead atoms. The molecule has 26 heavy (non-hydrogen) atoms. The van der Waals surface area contributed by atoms with Crippen LogP contribution in [0.1, 0.15) is 37.8 Å². The first-order chi connectivity index (χ1) is 12.7. The van der Waals surface area contributed by atoms with Crippen molar-refractivity contribution >= 4 is 5.91 Å². The van der Waals surface area contributed by atoms with Crippen molar-refractivity contribution in [3.8, 4) is 5.75 Å². The molecule has 0 saturated carbocycles. The van der Waals surface area contributed by atoms with Crippen molar-refractivity contribution in [2.24, 2.45) is 0 Å². The molecule has 0 radical (unpaired) electrons. The maximum atomic E-state index is 13.3. The quantitative estimate of drug-likeness (QED) is 0.886. The number of aromatic nitrogens is 1. The van der Waals surface area contributed by atoms with Gasteiger partial charge in [0, 0.05) is 37.7 Å². The van der Waals surface area contributed by atoms with E-state index in [9.17, 15) is 4.79 Å². The summed E-state index contributed by atoms with van der Waals surface area (Å²) in [6.07, 6.45) is 7.10. The molecule has 0 unspecified atom stereocenters. The van der Waals surface area contributed by atoms with E-state index in [1.165, 1.54) is 32.4 Å². The van der Waals surface area contributed by atoms with Crippen LogP contribution in [0, 0.1) is 6.92 Å². The molecule has 3 saturated heterocycles. The SMILES string of the molecule is Cc1ccc(OC2(C(=O)N3CC(N4CCCCC4)C3)CCNCC2)cn1. The molecule has 6 nitrogen and oxygen atoms in total. The van der Waals surface area contributed by atoms with Gasteiger partial charge in [0.15, 0.2) is 5.60 Å². The van der Waals surface area contributed by atoms with Gasteiger partial charge in [-0.15, -0.1) is 0 Å². The predicted molar refractivity (Wildman–Crippen MR) is 100 cm³/mol. The smallest absolute Gasteiger partial charge is 0.266 e. The first-order valence-corrected chi connectivity index (χ1v) is 10.0. The van der Waals surface area contributed by atoms with Crippen LogP contribution in [0.25, 0.3) is 0 Å². The number of amides is 1. The van der Waals surface area contributed by atoms with Crippen molar-refractivity contribution in [3.63, 3.8) is 0 Å². The number of carbonyl (C=O) groups excluding carboxylic acids is 1. The number of nitrogens with zero attached hydrogens (tertiary/aromatic N) is 3. The lowest BCUT2D eigenvalue weighted by Crippen LogP contribution is -2.67. The lowest BCUT2D eigenvalue weighted by Gasteiger charge is -2.50. The summed E-state index contributed by atoms with van der Waals surface area (Å²) in [6, 6.07) is 4.40. The van der Waals surface area contributed by atoms with Crippen LogP contribution < -0.4 is 10.1 Å². The highest BCUT2D eigenvalue weighted by molar-refractivity contribution is 5.86. The topological polar surface area (TPSA) is 57.7 Å². The van der Waals surface area contributed by atoms with Crippen LogP contribution in [0.15, 0.2) is 18.3 Å². The molecule has 3 aliphatic heterocycles. The van der Waals surface area contributed by atoms with Gasteiger partial charge in [0.2, 0.25) is 0 Å². The second-order valence-electron chi connectivity index (χ2n) is 7.94. The van der Waals surface area contributed by atoms with E-state index in [0.29, 0.717) is 24.6 Å². The third-order valence-corrected chi connectivity index (χ3v) is 6.05. The van der Waals surface area contributed by atoms with E-state index < -0.39 is 5.60 Å². The zero-order chi connectivity index (χ0) is 18.0.